The number of ether oxygens (including phenoxy) is 1. The maximum atomic E-state index is 11.9. The molecule has 2 aromatic heterocycles. The molecule has 1 amide bonds. The summed E-state index contributed by atoms with van der Waals surface area (Å²) < 4.78 is 12.2. The third-order valence-electron chi connectivity index (χ3n) is 2.56. The number of rotatable bonds is 6. The molecule has 1 N–H and O–H groups in total. The molecule has 0 aliphatic rings. The van der Waals surface area contributed by atoms with Crippen LogP contribution in [-0.4, -0.2) is 35.4 Å². The number of methoxy groups -OCH3 is 1. The summed E-state index contributed by atoms with van der Waals surface area (Å²) in [6.07, 6.45) is 3.53. The largest absolute Gasteiger partial charge is 0.454 e. The highest BCUT2D eigenvalue weighted by Gasteiger charge is 2.13. The van der Waals surface area contributed by atoms with E-state index in [0.29, 0.717) is 24.7 Å². The topological polar surface area (TPSA) is 69.3 Å². The minimum absolute atomic E-state index is 0.0582. The minimum Gasteiger partial charge on any atom is -0.454 e. The number of nitrogens with zero attached hydrogens (tertiary/aromatic N) is 2. The summed E-state index contributed by atoms with van der Waals surface area (Å²) in [5, 5.41) is 6.87. The van der Waals surface area contributed by atoms with Crippen LogP contribution in [0.1, 0.15) is 23.2 Å². The van der Waals surface area contributed by atoms with E-state index in [1.807, 2.05) is 19.2 Å². The highest BCUT2D eigenvalue weighted by atomic mass is 16.5. The van der Waals surface area contributed by atoms with Crippen molar-refractivity contribution in [1.82, 2.24) is 15.1 Å². The van der Waals surface area contributed by atoms with Crippen LogP contribution in [0.5, 0.6) is 0 Å². The predicted octanol–water partition coefficient (Wildman–Crippen LogP) is 1.29. The molecular formula is C13H17N3O3. The predicted molar refractivity (Wildman–Crippen MR) is 68.8 cm³/mol. The number of amides is 1. The summed E-state index contributed by atoms with van der Waals surface area (Å²) in [6, 6.07) is 5.21. The molecule has 0 aromatic carbocycles. The summed E-state index contributed by atoms with van der Waals surface area (Å²) in [6.45, 7) is 2.84. The maximum absolute atomic E-state index is 11.9. The van der Waals surface area contributed by atoms with Crippen LogP contribution >= 0.6 is 0 Å². The van der Waals surface area contributed by atoms with Crippen LogP contribution in [0.4, 0.5) is 0 Å². The van der Waals surface area contributed by atoms with Crippen molar-refractivity contribution in [2.75, 3.05) is 13.7 Å². The van der Waals surface area contributed by atoms with Crippen LogP contribution in [0.3, 0.4) is 0 Å². The normalized spacial score (nSPS) is 12.3. The first-order valence-electron chi connectivity index (χ1n) is 6.05. The van der Waals surface area contributed by atoms with Crippen molar-refractivity contribution < 1.29 is 13.9 Å². The molecule has 6 nitrogen and oxygen atoms in total. The standard InChI is InChI=1S/C13H17N3O3/c1-10(9-18-2)15-13(17)12-5-4-11(19-12)8-16-7-3-6-14-16/h3-7,10H,8-9H2,1-2H3,(H,15,17)/t10-/m1/s1. The van der Waals surface area contributed by atoms with Gasteiger partial charge in [0.15, 0.2) is 5.76 Å². The molecule has 0 fully saturated rings. The van der Waals surface area contributed by atoms with Crippen LogP contribution in [0.15, 0.2) is 35.0 Å². The highest BCUT2D eigenvalue weighted by Crippen LogP contribution is 2.09. The summed E-state index contributed by atoms with van der Waals surface area (Å²) in [5.74, 6) is 0.745. The molecular weight excluding hydrogens is 246 g/mol. The van der Waals surface area contributed by atoms with Gasteiger partial charge in [0.25, 0.3) is 5.91 Å². The van der Waals surface area contributed by atoms with Gasteiger partial charge in [-0.15, -0.1) is 0 Å². The van der Waals surface area contributed by atoms with Crippen molar-refractivity contribution in [3.63, 3.8) is 0 Å². The molecule has 0 saturated carbocycles. The molecule has 2 rings (SSSR count). The molecule has 1 atom stereocenters. The zero-order valence-corrected chi connectivity index (χ0v) is 11.0. The summed E-state index contributed by atoms with van der Waals surface area (Å²) in [7, 11) is 1.59. The van der Waals surface area contributed by atoms with Gasteiger partial charge in [-0.05, 0) is 25.1 Å². The van der Waals surface area contributed by atoms with Crippen LogP contribution in [0.2, 0.25) is 0 Å². The second-order valence-corrected chi connectivity index (χ2v) is 4.30. The Kier molecular flexibility index (Phi) is 4.35. The van der Waals surface area contributed by atoms with Crippen molar-refractivity contribution in [2.24, 2.45) is 0 Å². The fourth-order valence-electron chi connectivity index (χ4n) is 1.73. The Hall–Kier alpha value is -2.08. The van der Waals surface area contributed by atoms with Gasteiger partial charge in [-0.2, -0.15) is 5.10 Å². The maximum Gasteiger partial charge on any atom is 0.287 e. The number of carbonyl (C=O) groups is 1. The smallest absolute Gasteiger partial charge is 0.287 e. The number of furan rings is 1. The molecule has 2 aromatic rings. The first-order valence-corrected chi connectivity index (χ1v) is 6.05. The lowest BCUT2D eigenvalue weighted by Gasteiger charge is -2.11. The van der Waals surface area contributed by atoms with E-state index in [9.17, 15) is 4.79 Å². The van der Waals surface area contributed by atoms with E-state index in [-0.39, 0.29) is 11.9 Å². The SMILES string of the molecule is COC[C@@H](C)NC(=O)c1ccc(Cn2cccn2)o1. The van der Waals surface area contributed by atoms with Crippen molar-refractivity contribution in [3.8, 4) is 0 Å². The summed E-state index contributed by atoms with van der Waals surface area (Å²) in [4.78, 5) is 11.9. The monoisotopic (exact) mass is 263 g/mol. The number of aromatic nitrogens is 2. The lowest BCUT2D eigenvalue weighted by Crippen LogP contribution is -2.35. The average molecular weight is 263 g/mol. The number of nitrogens with one attached hydrogen (secondary N) is 1. The first-order chi connectivity index (χ1) is 9.19. The molecule has 0 bridgehead atoms. The number of hydrogen-bond acceptors (Lipinski definition) is 4. The summed E-state index contributed by atoms with van der Waals surface area (Å²) in [5.41, 5.74) is 0. The second-order valence-electron chi connectivity index (χ2n) is 4.30. The van der Waals surface area contributed by atoms with Gasteiger partial charge in [-0.3, -0.25) is 9.48 Å². The van der Waals surface area contributed by atoms with E-state index in [4.69, 9.17) is 9.15 Å². The Labute approximate surface area is 111 Å². The Bertz CT molecular complexity index is 519. The Morgan fingerprint density at radius 3 is 3.11 bits per heavy atom. The van der Waals surface area contributed by atoms with Crippen molar-refractivity contribution in [2.45, 2.75) is 19.5 Å². The van der Waals surface area contributed by atoms with E-state index >= 15 is 0 Å². The average Bonchev–Trinajstić information content (AvgIpc) is 3.01. The minimum atomic E-state index is -0.240. The Balaban J connectivity index is 1.94. The molecule has 0 radical (unpaired) electrons. The van der Waals surface area contributed by atoms with Gasteiger partial charge in [-0.25, -0.2) is 0 Å². The molecule has 2 heterocycles. The van der Waals surface area contributed by atoms with Gasteiger partial charge in [0.1, 0.15) is 5.76 Å². The van der Waals surface area contributed by atoms with Crippen LogP contribution in [-0.2, 0) is 11.3 Å². The molecule has 19 heavy (non-hydrogen) atoms. The molecule has 102 valence electrons. The quantitative estimate of drug-likeness (QED) is 0.852. The van der Waals surface area contributed by atoms with Gasteiger partial charge in [0.2, 0.25) is 0 Å². The van der Waals surface area contributed by atoms with Gasteiger partial charge in [0.05, 0.1) is 13.2 Å². The fraction of sp³-hybridized carbons (Fsp3) is 0.385. The van der Waals surface area contributed by atoms with Gasteiger partial charge in [-0.1, -0.05) is 0 Å². The molecule has 0 aliphatic heterocycles. The molecule has 0 aliphatic carbocycles. The van der Waals surface area contributed by atoms with E-state index in [2.05, 4.69) is 10.4 Å². The van der Waals surface area contributed by atoms with Crippen molar-refractivity contribution in [3.05, 3.63) is 42.1 Å². The van der Waals surface area contributed by atoms with Crippen LogP contribution in [0.25, 0.3) is 0 Å². The van der Waals surface area contributed by atoms with E-state index in [1.54, 1.807) is 30.1 Å². The van der Waals surface area contributed by atoms with Gasteiger partial charge >= 0.3 is 0 Å². The van der Waals surface area contributed by atoms with E-state index in [0.717, 1.165) is 0 Å². The molecule has 0 saturated heterocycles. The second kappa shape index (κ2) is 6.19. The Morgan fingerprint density at radius 2 is 2.42 bits per heavy atom. The van der Waals surface area contributed by atoms with Gasteiger partial charge in [0, 0.05) is 25.5 Å². The Morgan fingerprint density at radius 1 is 1.58 bits per heavy atom. The first kappa shape index (κ1) is 13.4. The fourth-order valence-corrected chi connectivity index (χ4v) is 1.73. The third-order valence-corrected chi connectivity index (χ3v) is 2.56. The molecule has 0 unspecified atom stereocenters. The summed E-state index contributed by atoms with van der Waals surface area (Å²) >= 11 is 0. The molecule has 0 spiro atoms. The van der Waals surface area contributed by atoms with E-state index < -0.39 is 0 Å². The van der Waals surface area contributed by atoms with Gasteiger partial charge < -0.3 is 14.5 Å². The van der Waals surface area contributed by atoms with Crippen LogP contribution in [0, 0.1) is 0 Å². The molecule has 6 heteroatoms. The van der Waals surface area contributed by atoms with Crippen LogP contribution < -0.4 is 5.32 Å². The number of carbonyl (C=O) groups excluding carboxylic acids is 1. The zero-order valence-electron chi connectivity index (χ0n) is 11.0. The number of hydrogen-bond donors (Lipinski definition) is 1. The van der Waals surface area contributed by atoms with Crippen molar-refractivity contribution >= 4 is 5.91 Å². The third kappa shape index (κ3) is 3.69. The van der Waals surface area contributed by atoms with E-state index in [1.165, 1.54) is 0 Å². The zero-order chi connectivity index (χ0) is 13.7. The highest BCUT2D eigenvalue weighted by molar-refractivity contribution is 5.91. The van der Waals surface area contributed by atoms with Crippen molar-refractivity contribution in [1.29, 1.82) is 0 Å². The lowest BCUT2D eigenvalue weighted by atomic mass is 10.3. The lowest BCUT2D eigenvalue weighted by molar-refractivity contribution is 0.0876.